The van der Waals surface area contributed by atoms with E-state index in [1.165, 1.54) is 0 Å². The second kappa shape index (κ2) is 7.93. The summed E-state index contributed by atoms with van der Waals surface area (Å²) in [4.78, 5) is 13.7. The van der Waals surface area contributed by atoms with Crippen molar-refractivity contribution in [1.29, 1.82) is 0 Å². The van der Waals surface area contributed by atoms with E-state index in [1.54, 1.807) is 30.8 Å². The molecule has 2 aromatic carbocycles. The molecule has 0 spiro atoms. The molecule has 0 aliphatic rings. The molecule has 0 N–H and O–H groups in total. The Labute approximate surface area is 162 Å². The molecule has 0 unspecified atom stereocenters. The van der Waals surface area contributed by atoms with Crippen molar-refractivity contribution >= 4 is 29.3 Å². The number of carbonyl (C=O) groups excluding carboxylic acids is 1. The maximum absolute atomic E-state index is 12.1. The summed E-state index contributed by atoms with van der Waals surface area (Å²) in [6, 6.07) is 15.2. The Balaban J connectivity index is 1.76. The Morgan fingerprint density at radius 2 is 1.92 bits per heavy atom. The zero-order valence-electron chi connectivity index (χ0n) is 14.8. The van der Waals surface area contributed by atoms with Crippen LogP contribution in [0.3, 0.4) is 0 Å². The normalized spacial score (nSPS) is 10.8. The van der Waals surface area contributed by atoms with E-state index in [4.69, 9.17) is 11.6 Å². The van der Waals surface area contributed by atoms with Gasteiger partial charge in [0.2, 0.25) is 0 Å². The molecule has 3 rings (SSSR count). The molecule has 1 aromatic heterocycles. The summed E-state index contributed by atoms with van der Waals surface area (Å²) in [5, 5.41) is 9.99. The molecule has 0 saturated carbocycles. The monoisotopic (exact) mass is 386 g/mol. The first-order chi connectivity index (χ1) is 12.5. The van der Waals surface area contributed by atoms with Crippen molar-refractivity contribution in [3.63, 3.8) is 0 Å². The van der Waals surface area contributed by atoms with E-state index in [0.29, 0.717) is 16.3 Å². The van der Waals surface area contributed by atoms with Crippen molar-refractivity contribution in [3.05, 3.63) is 64.7 Å². The summed E-state index contributed by atoms with van der Waals surface area (Å²) in [7, 11) is 5.42. The van der Waals surface area contributed by atoms with Gasteiger partial charge in [-0.2, -0.15) is 0 Å². The van der Waals surface area contributed by atoms with Crippen LogP contribution < -0.4 is 0 Å². The summed E-state index contributed by atoms with van der Waals surface area (Å²) in [6.45, 7) is 0. The predicted molar refractivity (Wildman–Crippen MR) is 105 cm³/mol. The minimum atomic E-state index is -0.00323. The fourth-order valence-corrected chi connectivity index (χ4v) is 3.59. The molecule has 0 aliphatic heterocycles. The van der Waals surface area contributed by atoms with Crippen LogP contribution in [-0.2, 0) is 12.8 Å². The minimum Gasteiger partial charge on any atom is -0.345 e. The van der Waals surface area contributed by atoms with E-state index in [-0.39, 0.29) is 5.91 Å². The van der Waals surface area contributed by atoms with Crippen molar-refractivity contribution in [2.45, 2.75) is 10.9 Å². The van der Waals surface area contributed by atoms with Crippen LogP contribution in [0.25, 0.3) is 11.4 Å². The standard InChI is InChI=1S/C19H19ClN4OS/c1-23(2)18(25)14-8-6-7-13(11-14)12-26-19-22-21-17(24(19)3)15-9-4-5-10-16(15)20/h4-11H,12H2,1-3H3. The van der Waals surface area contributed by atoms with E-state index in [1.807, 2.05) is 60.1 Å². The minimum absolute atomic E-state index is 0.00323. The molecule has 26 heavy (non-hydrogen) atoms. The number of nitrogens with zero attached hydrogens (tertiary/aromatic N) is 4. The lowest BCUT2D eigenvalue weighted by Gasteiger charge is -2.11. The van der Waals surface area contributed by atoms with Crippen molar-refractivity contribution in [2.75, 3.05) is 14.1 Å². The molecule has 1 heterocycles. The van der Waals surface area contributed by atoms with E-state index in [0.717, 1.165) is 22.1 Å². The molecular formula is C19H19ClN4OS. The molecular weight excluding hydrogens is 368 g/mol. The molecule has 0 saturated heterocycles. The molecule has 1 amide bonds. The van der Waals surface area contributed by atoms with E-state index in [9.17, 15) is 4.79 Å². The van der Waals surface area contributed by atoms with Gasteiger partial charge < -0.3 is 9.47 Å². The van der Waals surface area contributed by atoms with Gasteiger partial charge in [-0.1, -0.05) is 47.6 Å². The number of halogens is 1. The van der Waals surface area contributed by atoms with Gasteiger partial charge in [-0.15, -0.1) is 10.2 Å². The van der Waals surface area contributed by atoms with E-state index < -0.39 is 0 Å². The Bertz CT molecular complexity index is 939. The van der Waals surface area contributed by atoms with Crippen LogP contribution in [0.1, 0.15) is 15.9 Å². The Hall–Kier alpha value is -2.31. The predicted octanol–water partition coefficient (Wildman–Crippen LogP) is 4.13. The zero-order valence-corrected chi connectivity index (χ0v) is 16.4. The highest BCUT2D eigenvalue weighted by atomic mass is 35.5. The second-order valence-electron chi connectivity index (χ2n) is 6.03. The molecule has 7 heteroatoms. The number of benzene rings is 2. The molecule has 134 valence electrons. The number of aromatic nitrogens is 3. The third-order valence-corrected chi connectivity index (χ3v) is 5.32. The largest absolute Gasteiger partial charge is 0.345 e. The molecule has 0 radical (unpaired) electrons. The maximum Gasteiger partial charge on any atom is 0.253 e. The molecule has 5 nitrogen and oxygen atoms in total. The SMILES string of the molecule is CN(C)C(=O)c1cccc(CSc2nnc(-c3ccccc3Cl)n2C)c1. The summed E-state index contributed by atoms with van der Waals surface area (Å²) in [5.74, 6) is 1.43. The maximum atomic E-state index is 12.1. The van der Waals surface area contributed by atoms with Crippen LogP contribution in [0.15, 0.2) is 53.7 Å². The summed E-state index contributed by atoms with van der Waals surface area (Å²) >= 11 is 7.83. The lowest BCUT2D eigenvalue weighted by Crippen LogP contribution is -2.21. The highest BCUT2D eigenvalue weighted by molar-refractivity contribution is 7.98. The highest BCUT2D eigenvalue weighted by Crippen LogP contribution is 2.29. The van der Waals surface area contributed by atoms with Crippen LogP contribution in [0.4, 0.5) is 0 Å². The molecule has 0 fully saturated rings. The lowest BCUT2D eigenvalue weighted by atomic mass is 10.1. The van der Waals surface area contributed by atoms with Gasteiger partial charge in [-0.3, -0.25) is 4.79 Å². The number of hydrogen-bond acceptors (Lipinski definition) is 4. The average molecular weight is 387 g/mol. The fraction of sp³-hybridized carbons (Fsp3) is 0.211. The number of carbonyl (C=O) groups is 1. The van der Waals surface area contributed by atoms with Gasteiger partial charge in [-0.05, 0) is 29.8 Å². The highest BCUT2D eigenvalue weighted by Gasteiger charge is 2.14. The van der Waals surface area contributed by atoms with E-state index in [2.05, 4.69) is 10.2 Å². The van der Waals surface area contributed by atoms with Gasteiger partial charge in [0.25, 0.3) is 5.91 Å². The van der Waals surface area contributed by atoms with Crippen molar-refractivity contribution < 1.29 is 4.79 Å². The van der Waals surface area contributed by atoms with Crippen LogP contribution in [-0.4, -0.2) is 39.7 Å². The molecule has 0 atom stereocenters. The molecule has 0 aliphatic carbocycles. The number of amides is 1. The third-order valence-electron chi connectivity index (χ3n) is 3.90. The van der Waals surface area contributed by atoms with Crippen LogP contribution in [0.2, 0.25) is 5.02 Å². The number of hydrogen-bond donors (Lipinski definition) is 0. The van der Waals surface area contributed by atoms with Crippen molar-refractivity contribution in [2.24, 2.45) is 7.05 Å². The van der Waals surface area contributed by atoms with Gasteiger partial charge >= 0.3 is 0 Å². The molecule has 0 bridgehead atoms. The topological polar surface area (TPSA) is 51.0 Å². The Kier molecular flexibility index (Phi) is 5.64. The molecule has 3 aromatic rings. The fourth-order valence-electron chi connectivity index (χ4n) is 2.52. The first kappa shape index (κ1) is 18.5. The number of rotatable bonds is 5. The van der Waals surface area contributed by atoms with E-state index >= 15 is 0 Å². The smallest absolute Gasteiger partial charge is 0.253 e. The van der Waals surface area contributed by atoms with Crippen LogP contribution in [0, 0.1) is 0 Å². The van der Waals surface area contributed by atoms with Gasteiger partial charge in [-0.25, -0.2) is 0 Å². The first-order valence-corrected chi connectivity index (χ1v) is 9.41. The van der Waals surface area contributed by atoms with Crippen molar-refractivity contribution in [3.8, 4) is 11.4 Å². The zero-order chi connectivity index (χ0) is 18.7. The van der Waals surface area contributed by atoms with Crippen molar-refractivity contribution in [1.82, 2.24) is 19.7 Å². The second-order valence-corrected chi connectivity index (χ2v) is 7.38. The average Bonchev–Trinajstić information content (AvgIpc) is 3.00. The Morgan fingerprint density at radius 3 is 2.65 bits per heavy atom. The lowest BCUT2D eigenvalue weighted by molar-refractivity contribution is 0.0827. The van der Waals surface area contributed by atoms with Gasteiger partial charge in [0.1, 0.15) is 0 Å². The van der Waals surface area contributed by atoms with Crippen LogP contribution >= 0.6 is 23.4 Å². The van der Waals surface area contributed by atoms with Gasteiger partial charge in [0, 0.05) is 38.0 Å². The quantitative estimate of drug-likeness (QED) is 0.618. The van der Waals surface area contributed by atoms with Gasteiger partial charge in [0.15, 0.2) is 11.0 Å². The third kappa shape index (κ3) is 3.92. The Morgan fingerprint density at radius 1 is 1.15 bits per heavy atom. The summed E-state index contributed by atoms with van der Waals surface area (Å²) in [5.41, 5.74) is 2.60. The van der Waals surface area contributed by atoms with Gasteiger partial charge in [0.05, 0.1) is 5.02 Å². The summed E-state index contributed by atoms with van der Waals surface area (Å²) in [6.07, 6.45) is 0. The number of thioether (sulfide) groups is 1. The van der Waals surface area contributed by atoms with Crippen LogP contribution in [0.5, 0.6) is 0 Å². The summed E-state index contributed by atoms with van der Waals surface area (Å²) < 4.78 is 1.93. The first-order valence-electron chi connectivity index (χ1n) is 8.05.